The Bertz CT molecular complexity index is 618. The standard InChI is InChI=1S/C19H27FN2O4/c1-19(2,3)26-17(23)21(4)12-16-10-15(20)11-22(16)18(24)25-13-14-8-6-5-7-9-14/h5-9,15-16H,10-13H2,1-4H3/t15-,16-/m0/s1. The molecular weight excluding hydrogens is 339 g/mol. The maximum absolute atomic E-state index is 13.9. The molecule has 2 amide bonds. The van der Waals surface area contributed by atoms with Gasteiger partial charge in [0.05, 0.1) is 12.6 Å². The van der Waals surface area contributed by atoms with Gasteiger partial charge in [-0.1, -0.05) is 30.3 Å². The maximum Gasteiger partial charge on any atom is 0.410 e. The minimum absolute atomic E-state index is 0.0273. The zero-order valence-corrected chi connectivity index (χ0v) is 15.8. The number of nitrogens with zero attached hydrogens (tertiary/aromatic N) is 2. The maximum atomic E-state index is 13.9. The molecule has 0 unspecified atom stereocenters. The molecule has 2 rings (SSSR count). The van der Waals surface area contributed by atoms with Crippen molar-refractivity contribution in [2.24, 2.45) is 0 Å². The van der Waals surface area contributed by atoms with Crippen molar-refractivity contribution in [1.82, 2.24) is 9.80 Å². The fourth-order valence-electron chi connectivity index (χ4n) is 2.79. The van der Waals surface area contributed by atoms with Crippen LogP contribution in [0.1, 0.15) is 32.8 Å². The zero-order chi connectivity index (χ0) is 19.3. The van der Waals surface area contributed by atoms with Gasteiger partial charge in [-0.3, -0.25) is 0 Å². The number of rotatable bonds is 4. The fourth-order valence-corrected chi connectivity index (χ4v) is 2.79. The van der Waals surface area contributed by atoms with Crippen molar-refractivity contribution in [1.29, 1.82) is 0 Å². The molecule has 1 fully saturated rings. The van der Waals surface area contributed by atoms with E-state index in [1.807, 2.05) is 30.3 Å². The minimum atomic E-state index is -1.13. The summed E-state index contributed by atoms with van der Waals surface area (Å²) in [7, 11) is 1.58. The Balaban J connectivity index is 1.92. The van der Waals surface area contributed by atoms with Gasteiger partial charge >= 0.3 is 12.2 Å². The van der Waals surface area contributed by atoms with Crippen LogP contribution in [-0.4, -0.2) is 59.9 Å². The average Bonchev–Trinajstić information content (AvgIpc) is 2.92. The van der Waals surface area contributed by atoms with Crippen LogP contribution in [0.2, 0.25) is 0 Å². The highest BCUT2D eigenvalue weighted by molar-refractivity contribution is 5.70. The molecule has 0 saturated carbocycles. The predicted octanol–water partition coefficient (Wildman–Crippen LogP) is 3.60. The lowest BCUT2D eigenvalue weighted by Gasteiger charge is -2.29. The number of amides is 2. The lowest BCUT2D eigenvalue weighted by atomic mass is 10.2. The number of alkyl halides is 1. The van der Waals surface area contributed by atoms with E-state index in [0.29, 0.717) is 0 Å². The molecule has 6 nitrogen and oxygen atoms in total. The summed E-state index contributed by atoms with van der Waals surface area (Å²) < 4.78 is 24.5. The smallest absolute Gasteiger partial charge is 0.410 e. The van der Waals surface area contributed by atoms with E-state index < -0.39 is 30.0 Å². The molecule has 1 aromatic rings. The van der Waals surface area contributed by atoms with E-state index in [4.69, 9.17) is 9.47 Å². The van der Waals surface area contributed by atoms with E-state index in [0.717, 1.165) is 5.56 Å². The zero-order valence-electron chi connectivity index (χ0n) is 15.8. The fraction of sp³-hybridized carbons (Fsp3) is 0.579. The Morgan fingerprint density at radius 2 is 1.92 bits per heavy atom. The molecule has 144 valence electrons. The molecule has 1 aromatic carbocycles. The van der Waals surface area contributed by atoms with Gasteiger partial charge in [-0.15, -0.1) is 0 Å². The lowest BCUT2D eigenvalue weighted by Crippen LogP contribution is -2.45. The summed E-state index contributed by atoms with van der Waals surface area (Å²) in [4.78, 5) is 27.2. The number of carbonyl (C=O) groups excluding carboxylic acids is 2. The third kappa shape index (κ3) is 5.89. The SMILES string of the molecule is CN(C[C@@H]1C[C@H](F)CN1C(=O)OCc1ccccc1)C(=O)OC(C)(C)C. The second-order valence-corrected chi connectivity index (χ2v) is 7.54. The van der Waals surface area contributed by atoms with Crippen LogP contribution in [0.5, 0.6) is 0 Å². The molecular formula is C19H27FN2O4. The molecule has 1 heterocycles. The largest absolute Gasteiger partial charge is 0.445 e. The summed E-state index contributed by atoms with van der Waals surface area (Å²) in [6.07, 6.45) is -2.03. The molecule has 26 heavy (non-hydrogen) atoms. The van der Waals surface area contributed by atoms with Crippen molar-refractivity contribution < 1.29 is 23.5 Å². The molecule has 0 N–H and O–H groups in total. The van der Waals surface area contributed by atoms with Gasteiger partial charge in [-0.25, -0.2) is 14.0 Å². The first kappa shape index (κ1) is 20.0. The third-order valence-corrected chi connectivity index (χ3v) is 3.99. The number of likely N-dealkylation sites (N-methyl/N-ethyl adjacent to an activating group) is 1. The third-order valence-electron chi connectivity index (χ3n) is 3.99. The van der Waals surface area contributed by atoms with E-state index >= 15 is 0 Å². The molecule has 1 saturated heterocycles. The van der Waals surface area contributed by atoms with Gasteiger partial charge in [-0.05, 0) is 26.3 Å². The highest BCUT2D eigenvalue weighted by atomic mass is 19.1. The van der Waals surface area contributed by atoms with Crippen LogP contribution in [0.15, 0.2) is 30.3 Å². The van der Waals surface area contributed by atoms with Crippen molar-refractivity contribution in [3.8, 4) is 0 Å². The summed E-state index contributed by atoms with van der Waals surface area (Å²) in [6, 6.07) is 8.85. The Kier molecular flexibility index (Phi) is 6.45. The first-order valence-corrected chi connectivity index (χ1v) is 8.71. The van der Waals surface area contributed by atoms with E-state index in [2.05, 4.69) is 0 Å². The number of carbonyl (C=O) groups is 2. The van der Waals surface area contributed by atoms with Crippen LogP contribution in [0.3, 0.4) is 0 Å². The van der Waals surface area contributed by atoms with Crippen molar-refractivity contribution >= 4 is 12.2 Å². The van der Waals surface area contributed by atoms with Crippen LogP contribution >= 0.6 is 0 Å². The number of hydrogen-bond acceptors (Lipinski definition) is 4. The van der Waals surface area contributed by atoms with Crippen LogP contribution < -0.4 is 0 Å². The minimum Gasteiger partial charge on any atom is -0.445 e. The number of likely N-dealkylation sites (tertiary alicyclic amines) is 1. The van der Waals surface area contributed by atoms with Gasteiger partial charge in [0, 0.05) is 20.0 Å². The number of ether oxygens (including phenoxy) is 2. The van der Waals surface area contributed by atoms with E-state index in [1.165, 1.54) is 9.80 Å². The van der Waals surface area contributed by atoms with Crippen LogP contribution in [0, 0.1) is 0 Å². The van der Waals surface area contributed by atoms with Crippen LogP contribution in [-0.2, 0) is 16.1 Å². The highest BCUT2D eigenvalue weighted by Crippen LogP contribution is 2.23. The van der Waals surface area contributed by atoms with Gasteiger partial charge in [-0.2, -0.15) is 0 Å². The first-order valence-electron chi connectivity index (χ1n) is 8.71. The van der Waals surface area contributed by atoms with Gasteiger partial charge in [0.25, 0.3) is 0 Å². The van der Waals surface area contributed by atoms with E-state index in [9.17, 15) is 14.0 Å². The molecule has 0 aliphatic carbocycles. The van der Waals surface area contributed by atoms with Crippen molar-refractivity contribution in [3.63, 3.8) is 0 Å². The monoisotopic (exact) mass is 366 g/mol. The van der Waals surface area contributed by atoms with Crippen LogP contribution in [0.25, 0.3) is 0 Å². The Labute approximate surface area is 153 Å². The molecule has 0 bridgehead atoms. The second-order valence-electron chi connectivity index (χ2n) is 7.54. The summed E-state index contributed by atoms with van der Waals surface area (Å²) in [5.74, 6) is 0. The normalized spacial score (nSPS) is 20.0. The summed E-state index contributed by atoms with van der Waals surface area (Å²) >= 11 is 0. The number of benzene rings is 1. The summed E-state index contributed by atoms with van der Waals surface area (Å²) in [6.45, 7) is 5.62. The summed E-state index contributed by atoms with van der Waals surface area (Å²) in [5, 5.41) is 0. The molecule has 7 heteroatoms. The molecule has 1 aliphatic rings. The van der Waals surface area contributed by atoms with Gasteiger partial charge < -0.3 is 19.3 Å². The topological polar surface area (TPSA) is 59.1 Å². The van der Waals surface area contributed by atoms with Crippen LogP contribution in [0.4, 0.5) is 14.0 Å². The summed E-state index contributed by atoms with van der Waals surface area (Å²) in [5.41, 5.74) is 0.247. The molecule has 0 radical (unpaired) electrons. The van der Waals surface area contributed by atoms with E-state index in [1.54, 1.807) is 27.8 Å². The Hall–Kier alpha value is -2.31. The molecule has 0 aromatic heterocycles. The van der Waals surface area contributed by atoms with Crippen molar-refractivity contribution in [2.75, 3.05) is 20.1 Å². The number of halogens is 1. The quantitative estimate of drug-likeness (QED) is 0.817. The van der Waals surface area contributed by atoms with E-state index in [-0.39, 0.29) is 26.1 Å². The lowest BCUT2D eigenvalue weighted by molar-refractivity contribution is 0.0247. The average molecular weight is 366 g/mol. The molecule has 2 atom stereocenters. The van der Waals surface area contributed by atoms with Crippen molar-refractivity contribution in [2.45, 2.75) is 51.6 Å². The highest BCUT2D eigenvalue weighted by Gasteiger charge is 2.38. The predicted molar refractivity (Wildman–Crippen MR) is 95.5 cm³/mol. The van der Waals surface area contributed by atoms with Gasteiger partial charge in [0.1, 0.15) is 18.4 Å². The van der Waals surface area contributed by atoms with Gasteiger partial charge in [0.15, 0.2) is 0 Å². The Morgan fingerprint density at radius 3 is 2.54 bits per heavy atom. The number of hydrogen-bond donors (Lipinski definition) is 0. The molecule has 1 aliphatic heterocycles. The van der Waals surface area contributed by atoms with Gasteiger partial charge in [0.2, 0.25) is 0 Å². The first-order chi connectivity index (χ1) is 12.2. The Morgan fingerprint density at radius 1 is 1.27 bits per heavy atom. The second kappa shape index (κ2) is 8.38. The van der Waals surface area contributed by atoms with Crippen molar-refractivity contribution in [3.05, 3.63) is 35.9 Å². The molecule has 0 spiro atoms.